The summed E-state index contributed by atoms with van der Waals surface area (Å²) in [5.74, 6) is 0.829. The predicted molar refractivity (Wildman–Crippen MR) is 49.9 cm³/mol. The average Bonchev–Trinajstić information content (AvgIpc) is 2.07. The van der Waals surface area contributed by atoms with Gasteiger partial charge < -0.3 is 5.11 Å². The molecule has 1 N–H and O–H groups in total. The van der Waals surface area contributed by atoms with Crippen molar-refractivity contribution in [2.45, 2.75) is 58.0 Å². The van der Waals surface area contributed by atoms with Gasteiger partial charge in [0, 0.05) is 0 Å². The molecule has 0 spiro atoms. The van der Waals surface area contributed by atoms with E-state index in [1.807, 2.05) is 0 Å². The molecule has 0 amide bonds. The van der Waals surface area contributed by atoms with Crippen LogP contribution in [0, 0.1) is 11.3 Å². The molecule has 12 heavy (non-hydrogen) atoms. The Hall–Kier alpha value is -0.0400. The average molecular weight is 168 g/mol. The fraction of sp³-hybridized carbons (Fsp3) is 1.00. The highest BCUT2D eigenvalue weighted by Gasteiger charge is 2.43. The summed E-state index contributed by atoms with van der Waals surface area (Å²) in [5.41, 5.74) is 0.288. The molecule has 0 heterocycles. The molecular formula is C11H20O. The van der Waals surface area contributed by atoms with Crippen LogP contribution in [-0.4, -0.2) is 11.2 Å². The van der Waals surface area contributed by atoms with Crippen molar-refractivity contribution in [3.63, 3.8) is 0 Å². The van der Waals surface area contributed by atoms with Gasteiger partial charge in [-0.3, -0.25) is 0 Å². The molecule has 3 atom stereocenters. The van der Waals surface area contributed by atoms with E-state index in [2.05, 4.69) is 6.92 Å². The standard InChI is InChI=1S/C11H20O/c1-11-8-3-2-5-9(11)6-4-7-10(11)12/h9-10,12H,2-8H2,1H3/t9-,10-,11+/m1/s1. The van der Waals surface area contributed by atoms with E-state index >= 15 is 0 Å². The quantitative estimate of drug-likeness (QED) is 0.589. The molecule has 2 aliphatic rings. The number of hydrogen-bond acceptors (Lipinski definition) is 1. The van der Waals surface area contributed by atoms with E-state index in [4.69, 9.17) is 0 Å². The Morgan fingerprint density at radius 1 is 1.08 bits per heavy atom. The van der Waals surface area contributed by atoms with Crippen molar-refractivity contribution < 1.29 is 5.11 Å². The first kappa shape index (κ1) is 8.55. The minimum Gasteiger partial charge on any atom is -0.393 e. The molecule has 2 rings (SSSR count). The van der Waals surface area contributed by atoms with Crippen LogP contribution in [0.15, 0.2) is 0 Å². The number of aliphatic hydroxyl groups is 1. The van der Waals surface area contributed by atoms with Crippen LogP contribution in [0.1, 0.15) is 51.9 Å². The monoisotopic (exact) mass is 168 g/mol. The largest absolute Gasteiger partial charge is 0.393 e. The summed E-state index contributed by atoms with van der Waals surface area (Å²) >= 11 is 0. The van der Waals surface area contributed by atoms with Crippen molar-refractivity contribution in [2.24, 2.45) is 11.3 Å². The molecule has 70 valence electrons. The Morgan fingerprint density at radius 2 is 1.83 bits per heavy atom. The SMILES string of the molecule is C[C@]12CCCC[C@@H]1CCC[C@H]2O. The normalized spacial score (nSPS) is 48.5. The van der Waals surface area contributed by atoms with Crippen LogP contribution in [0.4, 0.5) is 0 Å². The van der Waals surface area contributed by atoms with Crippen LogP contribution in [0.25, 0.3) is 0 Å². The lowest BCUT2D eigenvalue weighted by Crippen LogP contribution is -2.44. The van der Waals surface area contributed by atoms with Gasteiger partial charge in [0.25, 0.3) is 0 Å². The van der Waals surface area contributed by atoms with Crippen molar-refractivity contribution in [3.8, 4) is 0 Å². The lowest BCUT2D eigenvalue weighted by atomic mass is 9.59. The molecule has 1 heteroatoms. The minimum atomic E-state index is -0.00319. The zero-order valence-electron chi connectivity index (χ0n) is 8.05. The highest BCUT2D eigenvalue weighted by molar-refractivity contribution is 4.94. The predicted octanol–water partition coefficient (Wildman–Crippen LogP) is 2.73. The van der Waals surface area contributed by atoms with Crippen LogP contribution in [-0.2, 0) is 0 Å². The maximum Gasteiger partial charge on any atom is 0.0596 e. The molecule has 2 aliphatic carbocycles. The van der Waals surface area contributed by atoms with Gasteiger partial charge in [0.15, 0.2) is 0 Å². The van der Waals surface area contributed by atoms with Crippen molar-refractivity contribution in [1.82, 2.24) is 0 Å². The van der Waals surface area contributed by atoms with Gasteiger partial charge in [-0.2, -0.15) is 0 Å². The molecule has 0 aromatic rings. The van der Waals surface area contributed by atoms with Gasteiger partial charge in [-0.05, 0) is 37.0 Å². The summed E-state index contributed by atoms with van der Waals surface area (Å²) in [6.45, 7) is 2.31. The molecule has 1 nitrogen and oxygen atoms in total. The third kappa shape index (κ3) is 1.19. The summed E-state index contributed by atoms with van der Waals surface area (Å²) in [6.07, 6.45) is 9.03. The molecule has 0 bridgehead atoms. The van der Waals surface area contributed by atoms with E-state index in [1.165, 1.54) is 38.5 Å². The second-order valence-electron chi connectivity index (χ2n) is 4.90. The van der Waals surface area contributed by atoms with Crippen molar-refractivity contribution >= 4 is 0 Å². The molecule has 0 aliphatic heterocycles. The van der Waals surface area contributed by atoms with Gasteiger partial charge in [-0.25, -0.2) is 0 Å². The highest BCUT2D eigenvalue weighted by Crippen LogP contribution is 2.49. The number of rotatable bonds is 0. The Labute approximate surface area is 75.2 Å². The molecule has 0 aromatic carbocycles. The number of aliphatic hydroxyl groups excluding tert-OH is 1. The third-order valence-corrected chi connectivity index (χ3v) is 4.24. The summed E-state index contributed by atoms with van der Waals surface area (Å²) in [7, 11) is 0. The van der Waals surface area contributed by atoms with E-state index < -0.39 is 0 Å². The summed E-state index contributed by atoms with van der Waals surface area (Å²) in [5, 5.41) is 9.96. The van der Waals surface area contributed by atoms with Gasteiger partial charge >= 0.3 is 0 Å². The molecule has 0 aromatic heterocycles. The van der Waals surface area contributed by atoms with E-state index in [-0.39, 0.29) is 11.5 Å². The first-order valence-electron chi connectivity index (χ1n) is 5.41. The fourth-order valence-corrected chi connectivity index (χ4v) is 3.23. The van der Waals surface area contributed by atoms with E-state index in [0.29, 0.717) is 0 Å². The lowest BCUT2D eigenvalue weighted by molar-refractivity contribution is -0.0651. The first-order valence-corrected chi connectivity index (χ1v) is 5.41. The summed E-state index contributed by atoms with van der Waals surface area (Å²) in [6, 6.07) is 0. The molecule has 2 saturated carbocycles. The molecule has 0 saturated heterocycles. The van der Waals surface area contributed by atoms with Gasteiger partial charge in [-0.1, -0.05) is 26.2 Å². The lowest BCUT2D eigenvalue weighted by Gasteiger charge is -2.48. The zero-order valence-corrected chi connectivity index (χ0v) is 8.05. The van der Waals surface area contributed by atoms with E-state index in [0.717, 1.165) is 12.3 Å². The molecule has 0 unspecified atom stereocenters. The Kier molecular flexibility index (Phi) is 2.16. The van der Waals surface area contributed by atoms with Gasteiger partial charge in [-0.15, -0.1) is 0 Å². The fourth-order valence-electron chi connectivity index (χ4n) is 3.23. The van der Waals surface area contributed by atoms with Crippen LogP contribution in [0.2, 0.25) is 0 Å². The zero-order chi connectivity index (χ0) is 8.60. The highest BCUT2D eigenvalue weighted by atomic mass is 16.3. The van der Waals surface area contributed by atoms with Gasteiger partial charge in [0.05, 0.1) is 6.10 Å². The number of hydrogen-bond donors (Lipinski definition) is 1. The van der Waals surface area contributed by atoms with Crippen LogP contribution < -0.4 is 0 Å². The summed E-state index contributed by atoms with van der Waals surface area (Å²) in [4.78, 5) is 0. The maximum absolute atomic E-state index is 9.96. The molecular weight excluding hydrogens is 148 g/mol. The van der Waals surface area contributed by atoms with E-state index in [1.54, 1.807) is 0 Å². The van der Waals surface area contributed by atoms with Crippen molar-refractivity contribution in [1.29, 1.82) is 0 Å². The van der Waals surface area contributed by atoms with Crippen LogP contribution in [0.5, 0.6) is 0 Å². The van der Waals surface area contributed by atoms with Gasteiger partial charge in [0.1, 0.15) is 0 Å². The number of fused-ring (bicyclic) bond motifs is 1. The Balaban J connectivity index is 2.14. The van der Waals surface area contributed by atoms with Gasteiger partial charge in [0.2, 0.25) is 0 Å². The minimum absolute atomic E-state index is 0.00319. The second kappa shape index (κ2) is 3.02. The molecule has 2 fully saturated rings. The third-order valence-electron chi connectivity index (χ3n) is 4.24. The summed E-state index contributed by atoms with van der Waals surface area (Å²) < 4.78 is 0. The maximum atomic E-state index is 9.96. The van der Waals surface area contributed by atoms with Crippen LogP contribution in [0.3, 0.4) is 0 Å². The van der Waals surface area contributed by atoms with E-state index in [9.17, 15) is 5.11 Å². The smallest absolute Gasteiger partial charge is 0.0596 e. The second-order valence-corrected chi connectivity index (χ2v) is 4.90. The Bertz CT molecular complexity index is 164. The van der Waals surface area contributed by atoms with Crippen molar-refractivity contribution in [3.05, 3.63) is 0 Å². The first-order chi connectivity index (χ1) is 5.73. The Morgan fingerprint density at radius 3 is 2.58 bits per heavy atom. The topological polar surface area (TPSA) is 20.2 Å². The van der Waals surface area contributed by atoms with Crippen LogP contribution >= 0.6 is 0 Å². The van der Waals surface area contributed by atoms with Crippen molar-refractivity contribution in [2.75, 3.05) is 0 Å². The molecule has 0 radical (unpaired) electrons.